The van der Waals surface area contributed by atoms with E-state index in [2.05, 4.69) is 83.5 Å². The third kappa shape index (κ3) is 2.61. The molecule has 0 aliphatic rings. The SMILES string of the molecule is CC(CCBr)(c1ccccc1)c1ccccc1. The van der Waals surface area contributed by atoms with E-state index in [4.69, 9.17) is 0 Å². The van der Waals surface area contributed by atoms with Gasteiger partial charge in [-0.25, -0.2) is 0 Å². The van der Waals surface area contributed by atoms with Crippen LogP contribution in [0.4, 0.5) is 0 Å². The molecule has 1 heteroatoms. The van der Waals surface area contributed by atoms with E-state index in [1.165, 1.54) is 11.1 Å². The molecule has 0 aliphatic heterocycles. The van der Waals surface area contributed by atoms with Crippen LogP contribution in [-0.2, 0) is 5.41 Å². The fourth-order valence-corrected chi connectivity index (χ4v) is 3.05. The van der Waals surface area contributed by atoms with Gasteiger partial charge in [-0.2, -0.15) is 0 Å². The average molecular weight is 289 g/mol. The van der Waals surface area contributed by atoms with Crippen molar-refractivity contribution in [3.63, 3.8) is 0 Å². The third-order valence-corrected chi connectivity index (χ3v) is 3.81. The highest BCUT2D eigenvalue weighted by molar-refractivity contribution is 9.09. The number of benzene rings is 2. The van der Waals surface area contributed by atoms with Crippen LogP contribution in [0, 0.1) is 0 Å². The highest BCUT2D eigenvalue weighted by Gasteiger charge is 2.27. The first-order chi connectivity index (χ1) is 8.27. The van der Waals surface area contributed by atoms with E-state index in [9.17, 15) is 0 Å². The summed E-state index contributed by atoms with van der Waals surface area (Å²) >= 11 is 3.58. The summed E-state index contributed by atoms with van der Waals surface area (Å²) in [4.78, 5) is 0. The molecule has 0 heterocycles. The minimum atomic E-state index is 0.0893. The van der Waals surface area contributed by atoms with Gasteiger partial charge in [0.25, 0.3) is 0 Å². The molecule has 0 saturated heterocycles. The van der Waals surface area contributed by atoms with Crippen molar-refractivity contribution in [3.05, 3.63) is 71.8 Å². The lowest BCUT2D eigenvalue weighted by atomic mass is 9.74. The van der Waals surface area contributed by atoms with Crippen LogP contribution < -0.4 is 0 Å². The number of alkyl halides is 1. The van der Waals surface area contributed by atoms with Gasteiger partial charge in [0.15, 0.2) is 0 Å². The van der Waals surface area contributed by atoms with E-state index in [-0.39, 0.29) is 5.41 Å². The van der Waals surface area contributed by atoms with Gasteiger partial charge in [-0.1, -0.05) is 83.5 Å². The Morgan fingerprint density at radius 1 is 0.824 bits per heavy atom. The second kappa shape index (κ2) is 5.50. The number of rotatable bonds is 4. The summed E-state index contributed by atoms with van der Waals surface area (Å²) in [6, 6.07) is 21.5. The Hall–Kier alpha value is -1.08. The van der Waals surface area contributed by atoms with Crippen LogP contribution in [0.1, 0.15) is 24.5 Å². The maximum atomic E-state index is 3.58. The normalized spacial score (nSPS) is 11.4. The van der Waals surface area contributed by atoms with Crippen LogP contribution >= 0.6 is 15.9 Å². The van der Waals surface area contributed by atoms with Crippen LogP contribution in [0.25, 0.3) is 0 Å². The number of halogens is 1. The van der Waals surface area contributed by atoms with E-state index < -0.39 is 0 Å². The molecule has 0 radical (unpaired) electrons. The summed E-state index contributed by atoms with van der Waals surface area (Å²) in [5.74, 6) is 0. The lowest BCUT2D eigenvalue weighted by Gasteiger charge is -2.30. The highest BCUT2D eigenvalue weighted by atomic mass is 79.9. The average Bonchev–Trinajstić information content (AvgIpc) is 2.41. The molecule has 0 nitrogen and oxygen atoms in total. The van der Waals surface area contributed by atoms with Crippen molar-refractivity contribution in [1.29, 1.82) is 0 Å². The molecule has 0 unspecified atom stereocenters. The van der Waals surface area contributed by atoms with E-state index in [0.717, 1.165) is 11.8 Å². The van der Waals surface area contributed by atoms with Gasteiger partial charge in [-0.05, 0) is 17.5 Å². The Labute approximate surface area is 112 Å². The first kappa shape index (κ1) is 12.4. The quantitative estimate of drug-likeness (QED) is 0.711. The highest BCUT2D eigenvalue weighted by Crippen LogP contribution is 2.35. The molecule has 0 bridgehead atoms. The van der Waals surface area contributed by atoms with E-state index in [1.54, 1.807) is 0 Å². The zero-order chi connectivity index (χ0) is 12.1. The molecule has 88 valence electrons. The molecule has 2 aromatic carbocycles. The molecule has 0 saturated carbocycles. The second-order valence-corrected chi connectivity index (χ2v) is 5.30. The lowest BCUT2D eigenvalue weighted by molar-refractivity contribution is 0.556. The summed E-state index contributed by atoms with van der Waals surface area (Å²) in [5, 5.41) is 1.01. The van der Waals surface area contributed by atoms with Gasteiger partial charge in [0.2, 0.25) is 0 Å². The zero-order valence-corrected chi connectivity index (χ0v) is 11.7. The standard InChI is InChI=1S/C16H17Br/c1-16(12-13-17,14-8-4-2-5-9-14)15-10-6-3-7-11-15/h2-11H,12-13H2,1H3. The molecule has 0 N–H and O–H groups in total. The van der Waals surface area contributed by atoms with Gasteiger partial charge in [0, 0.05) is 10.7 Å². The van der Waals surface area contributed by atoms with Crippen molar-refractivity contribution in [2.24, 2.45) is 0 Å². The van der Waals surface area contributed by atoms with Crippen molar-refractivity contribution >= 4 is 15.9 Å². The van der Waals surface area contributed by atoms with Crippen molar-refractivity contribution in [2.75, 3.05) is 5.33 Å². The van der Waals surface area contributed by atoms with E-state index in [1.807, 2.05) is 0 Å². The Morgan fingerprint density at radius 3 is 1.59 bits per heavy atom. The van der Waals surface area contributed by atoms with Crippen LogP contribution in [0.3, 0.4) is 0 Å². The summed E-state index contributed by atoms with van der Waals surface area (Å²) < 4.78 is 0. The van der Waals surface area contributed by atoms with Crippen LogP contribution in [-0.4, -0.2) is 5.33 Å². The molecule has 0 amide bonds. The second-order valence-electron chi connectivity index (χ2n) is 4.50. The lowest BCUT2D eigenvalue weighted by Crippen LogP contribution is -2.24. The molecule has 0 atom stereocenters. The predicted molar refractivity (Wildman–Crippen MR) is 77.7 cm³/mol. The smallest absolute Gasteiger partial charge is 0.0182 e. The van der Waals surface area contributed by atoms with Crippen molar-refractivity contribution in [3.8, 4) is 0 Å². The van der Waals surface area contributed by atoms with E-state index >= 15 is 0 Å². The van der Waals surface area contributed by atoms with Gasteiger partial charge >= 0.3 is 0 Å². The Morgan fingerprint density at radius 2 is 1.24 bits per heavy atom. The molecule has 2 rings (SSSR count). The molecule has 0 spiro atoms. The predicted octanol–water partition coefficient (Wildman–Crippen LogP) is 4.78. The summed E-state index contributed by atoms with van der Waals surface area (Å²) in [6.07, 6.45) is 1.10. The van der Waals surface area contributed by atoms with Gasteiger partial charge in [-0.15, -0.1) is 0 Å². The first-order valence-electron chi connectivity index (χ1n) is 5.94. The van der Waals surface area contributed by atoms with Gasteiger partial charge in [0.05, 0.1) is 0 Å². The number of hydrogen-bond acceptors (Lipinski definition) is 0. The summed E-state index contributed by atoms with van der Waals surface area (Å²) in [6.45, 7) is 2.32. The van der Waals surface area contributed by atoms with Gasteiger partial charge in [-0.3, -0.25) is 0 Å². The molecule has 2 aromatic rings. The van der Waals surface area contributed by atoms with Crippen molar-refractivity contribution in [2.45, 2.75) is 18.8 Å². The summed E-state index contributed by atoms with van der Waals surface area (Å²) in [7, 11) is 0. The minimum Gasteiger partial charge on any atom is -0.0928 e. The van der Waals surface area contributed by atoms with E-state index in [0.29, 0.717) is 0 Å². The largest absolute Gasteiger partial charge is 0.0928 e. The molecule has 0 aliphatic carbocycles. The van der Waals surface area contributed by atoms with Crippen molar-refractivity contribution in [1.82, 2.24) is 0 Å². The fraction of sp³-hybridized carbons (Fsp3) is 0.250. The minimum absolute atomic E-state index is 0.0893. The Bertz CT molecular complexity index is 408. The monoisotopic (exact) mass is 288 g/mol. The number of hydrogen-bond donors (Lipinski definition) is 0. The molecule has 17 heavy (non-hydrogen) atoms. The zero-order valence-electron chi connectivity index (χ0n) is 10.1. The molecular formula is C16H17Br. The summed E-state index contributed by atoms with van der Waals surface area (Å²) in [5.41, 5.74) is 2.85. The van der Waals surface area contributed by atoms with Gasteiger partial charge in [0.1, 0.15) is 0 Å². The molecular weight excluding hydrogens is 272 g/mol. The van der Waals surface area contributed by atoms with Crippen LogP contribution in [0.15, 0.2) is 60.7 Å². The topological polar surface area (TPSA) is 0 Å². The maximum absolute atomic E-state index is 3.58. The molecule has 0 fully saturated rings. The van der Waals surface area contributed by atoms with Crippen molar-refractivity contribution < 1.29 is 0 Å². The van der Waals surface area contributed by atoms with Crippen LogP contribution in [0.2, 0.25) is 0 Å². The maximum Gasteiger partial charge on any atom is 0.0182 e. The fourth-order valence-electron chi connectivity index (χ4n) is 2.26. The van der Waals surface area contributed by atoms with Gasteiger partial charge < -0.3 is 0 Å². The first-order valence-corrected chi connectivity index (χ1v) is 7.06. The Kier molecular flexibility index (Phi) is 4.01. The third-order valence-electron chi connectivity index (χ3n) is 3.42. The molecule has 0 aromatic heterocycles. The Balaban J connectivity index is 2.47. The van der Waals surface area contributed by atoms with Crippen LogP contribution in [0.5, 0.6) is 0 Å².